The van der Waals surface area contributed by atoms with E-state index >= 15 is 0 Å². The highest BCUT2D eigenvalue weighted by molar-refractivity contribution is 5.92. The van der Waals surface area contributed by atoms with E-state index in [-0.39, 0.29) is 29.1 Å². The van der Waals surface area contributed by atoms with Crippen LogP contribution in [-0.4, -0.2) is 40.3 Å². The average molecular weight is 345 g/mol. The zero-order valence-electron chi connectivity index (χ0n) is 14.0. The number of carbonyl (C=O) groups is 1. The summed E-state index contributed by atoms with van der Waals surface area (Å²) in [4.78, 5) is 26.1. The summed E-state index contributed by atoms with van der Waals surface area (Å²) in [6.07, 6.45) is 0.453. The summed E-state index contributed by atoms with van der Waals surface area (Å²) in [5.74, 6) is -0.546. The third-order valence-corrected chi connectivity index (χ3v) is 4.12. The number of halogens is 1. The fourth-order valence-corrected chi connectivity index (χ4v) is 2.81. The molecule has 2 heterocycles. The lowest BCUT2D eigenvalue weighted by atomic mass is 10.1. The predicted octanol–water partition coefficient (Wildman–Crippen LogP) is 2.01. The molecule has 1 saturated heterocycles. The predicted molar refractivity (Wildman–Crippen MR) is 89.8 cm³/mol. The molecule has 1 amide bonds. The number of rotatable bonds is 4. The van der Waals surface area contributed by atoms with Crippen molar-refractivity contribution >= 4 is 5.91 Å². The number of ether oxygens (including phenoxy) is 1. The van der Waals surface area contributed by atoms with Gasteiger partial charge in [-0.05, 0) is 30.2 Å². The topological polar surface area (TPSA) is 64.4 Å². The normalized spacial score (nSPS) is 17.5. The Labute approximate surface area is 144 Å². The van der Waals surface area contributed by atoms with Crippen molar-refractivity contribution in [1.82, 2.24) is 14.7 Å². The Morgan fingerprint density at radius 1 is 1.28 bits per heavy atom. The Morgan fingerprint density at radius 3 is 2.76 bits per heavy atom. The Hall–Kier alpha value is -2.54. The lowest BCUT2D eigenvalue weighted by molar-refractivity contribution is -0.0231. The first-order chi connectivity index (χ1) is 12.1. The molecule has 1 aromatic carbocycles. The first kappa shape index (κ1) is 17.3. The first-order valence-electron chi connectivity index (χ1n) is 8.33. The van der Waals surface area contributed by atoms with Gasteiger partial charge >= 0.3 is 0 Å². The van der Waals surface area contributed by atoms with Crippen molar-refractivity contribution in [3.8, 4) is 0 Å². The Bertz CT molecular complexity index is 804. The highest BCUT2D eigenvalue weighted by atomic mass is 19.1. The first-order valence-corrected chi connectivity index (χ1v) is 8.33. The minimum Gasteiger partial charge on any atom is -0.370 e. The molecule has 132 valence electrons. The zero-order valence-corrected chi connectivity index (χ0v) is 14.0. The molecular formula is C18H20FN3O3. The molecule has 1 aliphatic rings. The van der Waals surface area contributed by atoms with Crippen molar-refractivity contribution in [2.45, 2.75) is 26.0 Å². The number of hydrogen-bond acceptors (Lipinski definition) is 4. The molecule has 1 fully saturated rings. The van der Waals surface area contributed by atoms with Crippen LogP contribution >= 0.6 is 0 Å². The second-order valence-corrected chi connectivity index (χ2v) is 5.94. The molecule has 0 radical (unpaired) electrons. The van der Waals surface area contributed by atoms with E-state index in [0.29, 0.717) is 26.2 Å². The van der Waals surface area contributed by atoms with Gasteiger partial charge < -0.3 is 9.64 Å². The number of benzene rings is 1. The van der Waals surface area contributed by atoms with Crippen LogP contribution in [-0.2, 0) is 11.3 Å². The van der Waals surface area contributed by atoms with E-state index in [9.17, 15) is 14.0 Å². The maximum atomic E-state index is 13.1. The maximum absolute atomic E-state index is 13.1. The van der Waals surface area contributed by atoms with Crippen LogP contribution in [0, 0.1) is 5.82 Å². The van der Waals surface area contributed by atoms with Crippen LogP contribution in [0.5, 0.6) is 0 Å². The Kier molecular flexibility index (Phi) is 5.23. The number of hydrogen-bond donors (Lipinski definition) is 0. The lowest BCUT2D eigenvalue weighted by Gasteiger charge is -2.33. The van der Waals surface area contributed by atoms with Gasteiger partial charge in [0, 0.05) is 19.2 Å². The van der Waals surface area contributed by atoms with E-state index in [1.54, 1.807) is 17.0 Å². The molecule has 1 aromatic heterocycles. The molecule has 0 bridgehead atoms. The van der Waals surface area contributed by atoms with Crippen LogP contribution in [0.15, 0.2) is 41.2 Å². The van der Waals surface area contributed by atoms with E-state index < -0.39 is 0 Å². The summed E-state index contributed by atoms with van der Waals surface area (Å²) in [6, 6.07) is 8.90. The molecule has 1 aliphatic heterocycles. The second-order valence-electron chi connectivity index (χ2n) is 5.94. The van der Waals surface area contributed by atoms with Crippen molar-refractivity contribution in [1.29, 1.82) is 0 Å². The van der Waals surface area contributed by atoms with Crippen molar-refractivity contribution in [2.75, 3.05) is 19.7 Å². The van der Waals surface area contributed by atoms with Gasteiger partial charge in [-0.15, -0.1) is 0 Å². The van der Waals surface area contributed by atoms with Gasteiger partial charge in [-0.25, -0.2) is 9.07 Å². The van der Waals surface area contributed by atoms with Gasteiger partial charge in [0.25, 0.3) is 11.5 Å². The van der Waals surface area contributed by atoms with Gasteiger partial charge in [0.15, 0.2) is 0 Å². The van der Waals surface area contributed by atoms with Crippen LogP contribution in [0.3, 0.4) is 0 Å². The van der Waals surface area contributed by atoms with Gasteiger partial charge in [0.2, 0.25) is 0 Å². The van der Waals surface area contributed by atoms with Gasteiger partial charge in [0.05, 0.1) is 13.2 Å². The van der Waals surface area contributed by atoms with Crippen LogP contribution in [0.25, 0.3) is 0 Å². The summed E-state index contributed by atoms with van der Waals surface area (Å²) in [6.45, 7) is 3.62. The van der Waals surface area contributed by atoms with Crippen LogP contribution in [0.1, 0.15) is 35.5 Å². The summed E-state index contributed by atoms with van der Waals surface area (Å²) in [7, 11) is 0. The van der Waals surface area contributed by atoms with E-state index in [4.69, 9.17) is 4.74 Å². The second kappa shape index (κ2) is 7.57. The highest BCUT2D eigenvalue weighted by Crippen LogP contribution is 2.23. The van der Waals surface area contributed by atoms with E-state index in [1.807, 2.05) is 6.92 Å². The number of aromatic nitrogens is 2. The number of amides is 1. The highest BCUT2D eigenvalue weighted by Gasteiger charge is 2.27. The molecule has 2 aromatic rings. The molecule has 0 aliphatic carbocycles. The smallest absolute Gasteiger partial charge is 0.274 e. The van der Waals surface area contributed by atoms with Crippen molar-refractivity contribution in [3.63, 3.8) is 0 Å². The van der Waals surface area contributed by atoms with Crippen molar-refractivity contribution in [3.05, 3.63) is 63.8 Å². The molecule has 3 rings (SSSR count). The Balaban J connectivity index is 1.77. The SMILES string of the molecule is CCCn1nc(C(=O)N2CCO[C@@H](c3ccc(F)cc3)C2)ccc1=O. The monoisotopic (exact) mass is 345 g/mol. The Morgan fingerprint density at radius 2 is 2.04 bits per heavy atom. The molecule has 6 nitrogen and oxygen atoms in total. The summed E-state index contributed by atoms with van der Waals surface area (Å²) in [5.41, 5.74) is 0.847. The van der Waals surface area contributed by atoms with E-state index in [1.165, 1.54) is 28.9 Å². The van der Waals surface area contributed by atoms with Gasteiger partial charge in [-0.2, -0.15) is 5.10 Å². The summed E-state index contributed by atoms with van der Waals surface area (Å²) < 4.78 is 20.1. The van der Waals surface area contributed by atoms with Gasteiger partial charge in [-0.1, -0.05) is 19.1 Å². The standard InChI is InChI=1S/C18H20FN3O3/c1-2-9-22-17(23)8-7-15(20-22)18(24)21-10-11-25-16(12-21)13-3-5-14(19)6-4-13/h3-8,16H,2,9-12H2,1H3/t16-/m1/s1. The lowest BCUT2D eigenvalue weighted by Crippen LogP contribution is -2.43. The van der Waals surface area contributed by atoms with Gasteiger partial charge in [-0.3, -0.25) is 9.59 Å². The molecule has 25 heavy (non-hydrogen) atoms. The largest absolute Gasteiger partial charge is 0.370 e. The molecule has 0 unspecified atom stereocenters. The van der Waals surface area contributed by atoms with E-state index in [0.717, 1.165) is 12.0 Å². The third kappa shape index (κ3) is 3.93. The molecule has 0 N–H and O–H groups in total. The van der Waals surface area contributed by atoms with Crippen LogP contribution in [0.4, 0.5) is 4.39 Å². The van der Waals surface area contributed by atoms with Crippen molar-refractivity contribution < 1.29 is 13.9 Å². The number of carbonyl (C=O) groups excluding carboxylic acids is 1. The van der Waals surface area contributed by atoms with Crippen LogP contribution < -0.4 is 5.56 Å². The minimum atomic E-state index is -0.310. The third-order valence-electron chi connectivity index (χ3n) is 4.12. The summed E-state index contributed by atoms with van der Waals surface area (Å²) >= 11 is 0. The fraction of sp³-hybridized carbons (Fsp3) is 0.389. The van der Waals surface area contributed by atoms with Crippen molar-refractivity contribution in [2.24, 2.45) is 0 Å². The average Bonchev–Trinajstić information content (AvgIpc) is 2.64. The number of nitrogens with zero attached hydrogens (tertiary/aromatic N) is 3. The molecule has 1 atom stereocenters. The fourth-order valence-electron chi connectivity index (χ4n) is 2.81. The van der Waals surface area contributed by atoms with Crippen LogP contribution in [0.2, 0.25) is 0 Å². The molecule has 7 heteroatoms. The van der Waals surface area contributed by atoms with Gasteiger partial charge in [0.1, 0.15) is 17.6 Å². The molecule has 0 spiro atoms. The molecule has 0 saturated carbocycles. The zero-order chi connectivity index (χ0) is 17.8. The quantitative estimate of drug-likeness (QED) is 0.850. The maximum Gasteiger partial charge on any atom is 0.274 e. The molecular weight excluding hydrogens is 325 g/mol. The number of morpholine rings is 1. The van der Waals surface area contributed by atoms with E-state index in [2.05, 4.69) is 5.10 Å². The number of aryl methyl sites for hydroxylation is 1. The summed E-state index contributed by atoms with van der Waals surface area (Å²) in [5, 5.41) is 4.17. The minimum absolute atomic E-state index is 0.218.